The molecule has 11 nitrogen and oxygen atoms in total. The van der Waals surface area contributed by atoms with Gasteiger partial charge < -0.3 is 14.8 Å². The molecule has 0 aliphatic heterocycles. The van der Waals surface area contributed by atoms with Crippen molar-refractivity contribution < 1.29 is 37.1 Å². The summed E-state index contributed by atoms with van der Waals surface area (Å²) < 4.78 is 44.6. The van der Waals surface area contributed by atoms with Crippen molar-refractivity contribution in [3.63, 3.8) is 0 Å². The zero-order valence-corrected chi connectivity index (χ0v) is 22.5. The Labute approximate surface area is 228 Å². The first kappa shape index (κ1) is 30.3. The number of ketones is 1. The first-order valence-electron chi connectivity index (χ1n) is 12.7. The van der Waals surface area contributed by atoms with E-state index in [9.17, 15) is 32.7 Å². The molecule has 2 atom stereocenters. The van der Waals surface area contributed by atoms with E-state index in [4.69, 9.17) is 4.42 Å². The molecule has 0 spiro atoms. The zero-order chi connectivity index (χ0) is 29.7. The number of halogens is 3. The molecule has 0 fully saturated rings. The van der Waals surface area contributed by atoms with Crippen LogP contribution in [0.15, 0.2) is 40.9 Å². The number of hydrogen-bond acceptors (Lipinski definition) is 7. The topological polar surface area (TPSA) is 154 Å². The second-order valence-electron chi connectivity index (χ2n) is 9.94. The molecule has 40 heavy (non-hydrogen) atoms. The van der Waals surface area contributed by atoms with Gasteiger partial charge >= 0.3 is 12.3 Å². The second-order valence-corrected chi connectivity index (χ2v) is 9.94. The number of hydrogen-bond donors (Lipinski definition) is 3. The third kappa shape index (κ3) is 6.85. The molecule has 14 heteroatoms. The van der Waals surface area contributed by atoms with Crippen molar-refractivity contribution in [1.82, 2.24) is 25.3 Å². The van der Waals surface area contributed by atoms with Gasteiger partial charge in [-0.3, -0.25) is 19.6 Å². The van der Waals surface area contributed by atoms with Crippen LogP contribution in [0.4, 0.5) is 23.8 Å². The maximum absolute atomic E-state index is 13.6. The van der Waals surface area contributed by atoms with Crippen LogP contribution in [-0.2, 0) is 15.8 Å². The fraction of sp³-hybridized carbons (Fsp3) is 0.462. The lowest BCUT2D eigenvalue weighted by Crippen LogP contribution is -2.56. The van der Waals surface area contributed by atoms with E-state index in [0.717, 1.165) is 17.0 Å². The van der Waals surface area contributed by atoms with Gasteiger partial charge in [-0.2, -0.15) is 18.3 Å². The van der Waals surface area contributed by atoms with Crippen molar-refractivity contribution in [1.29, 1.82) is 0 Å². The van der Waals surface area contributed by atoms with Crippen LogP contribution < -0.4 is 5.32 Å². The van der Waals surface area contributed by atoms with E-state index in [1.54, 1.807) is 20.8 Å². The summed E-state index contributed by atoms with van der Waals surface area (Å²) in [6, 6.07) is 2.95. The second kappa shape index (κ2) is 12.3. The van der Waals surface area contributed by atoms with E-state index in [-0.39, 0.29) is 29.6 Å². The number of Topliss-reactive ketones (excluding diaryl/α,β-unsaturated/α-hetero) is 1. The minimum Gasteiger partial charge on any atom is -0.465 e. The molecule has 0 unspecified atom stereocenters. The molecular weight excluding hydrogens is 533 g/mol. The molecule has 216 valence electrons. The summed E-state index contributed by atoms with van der Waals surface area (Å²) in [4.78, 5) is 40.2. The van der Waals surface area contributed by atoms with Crippen molar-refractivity contribution in [2.75, 3.05) is 5.32 Å². The standard InChI is InChI=1S/C26H31F3N6O5/c1-5-7-17(23-34-33-22(40-23)15-8-10-16(11-9-15)26(27,28)29)35(24(38)39)20(25(3,4)13-6-2)19(36)21(37)31-18-12-14-30-32-18/h8-12,14,17,20H,5-7,13H2,1-4H3,(H,38,39)(H2,30,31,32,37)/t17-,20-/m1/s1. The van der Waals surface area contributed by atoms with E-state index in [0.29, 0.717) is 19.3 Å². The number of benzene rings is 1. The van der Waals surface area contributed by atoms with Crippen molar-refractivity contribution in [3.8, 4) is 11.5 Å². The Bertz CT molecular complexity index is 1310. The third-order valence-corrected chi connectivity index (χ3v) is 6.44. The van der Waals surface area contributed by atoms with Crippen LogP contribution in [0.25, 0.3) is 11.5 Å². The molecule has 3 N–H and O–H groups in total. The summed E-state index contributed by atoms with van der Waals surface area (Å²) in [5.74, 6) is -2.13. The van der Waals surface area contributed by atoms with Crippen LogP contribution in [0, 0.1) is 5.41 Å². The number of aromatic amines is 1. The van der Waals surface area contributed by atoms with Gasteiger partial charge in [0.05, 0.1) is 11.8 Å². The SMILES string of the molecule is CCC[C@H](c1nnc(-c2ccc(C(F)(F)F)cc2)o1)N(C(=O)O)[C@H](C(=O)C(=O)Nc1ccn[nH]1)C(C)(C)CCC. The number of aromatic nitrogens is 4. The molecule has 3 rings (SSSR count). The number of rotatable bonds is 12. The number of carbonyl (C=O) groups is 3. The van der Waals surface area contributed by atoms with E-state index in [1.807, 2.05) is 6.92 Å². The number of nitrogens with one attached hydrogen (secondary N) is 2. The molecule has 0 bridgehead atoms. The summed E-state index contributed by atoms with van der Waals surface area (Å²) in [6.45, 7) is 7.06. The van der Waals surface area contributed by atoms with E-state index in [1.165, 1.54) is 24.4 Å². The number of anilines is 1. The minimum absolute atomic E-state index is 0.122. The first-order valence-corrected chi connectivity index (χ1v) is 12.7. The summed E-state index contributed by atoms with van der Waals surface area (Å²) in [6.07, 6.45) is -3.01. The number of alkyl halides is 3. The number of amides is 2. The molecule has 0 aliphatic rings. The average molecular weight is 565 g/mol. The van der Waals surface area contributed by atoms with E-state index >= 15 is 0 Å². The number of H-pyrrole nitrogens is 1. The van der Waals surface area contributed by atoms with Crippen molar-refractivity contribution in [3.05, 3.63) is 48.0 Å². The van der Waals surface area contributed by atoms with Crippen molar-refractivity contribution in [2.24, 2.45) is 5.41 Å². The summed E-state index contributed by atoms with van der Waals surface area (Å²) in [7, 11) is 0. The van der Waals surface area contributed by atoms with Gasteiger partial charge in [-0.15, -0.1) is 10.2 Å². The maximum atomic E-state index is 13.6. The average Bonchev–Trinajstić information content (AvgIpc) is 3.57. The highest BCUT2D eigenvalue weighted by Crippen LogP contribution is 2.38. The van der Waals surface area contributed by atoms with Crippen LogP contribution in [0.2, 0.25) is 0 Å². The monoisotopic (exact) mass is 564 g/mol. The smallest absolute Gasteiger partial charge is 0.416 e. The molecule has 1 aromatic carbocycles. The number of carbonyl (C=O) groups excluding carboxylic acids is 2. The van der Waals surface area contributed by atoms with Crippen LogP contribution in [-0.4, -0.2) is 54.2 Å². The highest BCUT2D eigenvalue weighted by Gasteiger charge is 2.48. The third-order valence-electron chi connectivity index (χ3n) is 6.44. The Morgan fingerprint density at radius 1 is 1.07 bits per heavy atom. The van der Waals surface area contributed by atoms with Crippen LogP contribution in [0.1, 0.15) is 70.9 Å². The van der Waals surface area contributed by atoms with Gasteiger partial charge in [-0.05, 0) is 42.5 Å². The number of carboxylic acid groups (broad SMARTS) is 1. The lowest BCUT2D eigenvalue weighted by Gasteiger charge is -2.42. The largest absolute Gasteiger partial charge is 0.465 e. The molecule has 0 saturated heterocycles. The minimum atomic E-state index is -4.52. The fourth-order valence-electron chi connectivity index (χ4n) is 4.64. The Morgan fingerprint density at radius 2 is 1.75 bits per heavy atom. The van der Waals surface area contributed by atoms with Gasteiger partial charge in [0.2, 0.25) is 17.6 Å². The quantitative estimate of drug-likeness (QED) is 0.237. The zero-order valence-electron chi connectivity index (χ0n) is 22.5. The summed E-state index contributed by atoms with van der Waals surface area (Å²) >= 11 is 0. The molecule has 0 saturated carbocycles. The van der Waals surface area contributed by atoms with Gasteiger partial charge in [0.1, 0.15) is 17.9 Å². The molecule has 2 heterocycles. The van der Waals surface area contributed by atoms with Gasteiger partial charge in [0, 0.05) is 11.6 Å². The van der Waals surface area contributed by atoms with Crippen molar-refractivity contribution >= 4 is 23.6 Å². The highest BCUT2D eigenvalue weighted by molar-refractivity contribution is 6.42. The molecule has 3 aromatic rings. The molecule has 2 amide bonds. The van der Waals surface area contributed by atoms with Crippen LogP contribution >= 0.6 is 0 Å². The summed E-state index contributed by atoms with van der Waals surface area (Å²) in [5, 5.41) is 26.9. The summed E-state index contributed by atoms with van der Waals surface area (Å²) in [5.41, 5.74) is -1.65. The maximum Gasteiger partial charge on any atom is 0.416 e. The molecule has 2 aromatic heterocycles. The van der Waals surface area contributed by atoms with E-state index in [2.05, 4.69) is 25.7 Å². The first-order chi connectivity index (χ1) is 18.8. The highest BCUT2D eigenvalue weighted by atomic mass is 19.4. The molecule has 0 aliphatic carbocycles. The van der Waals surface area contributed by atoms with Gasteiger partial charge in [0.15, 0.2) is 0 Å². The molecule has 0 radical (unpaired) electrons. The van der Waals surface area contributed by atoms with Gasteiger partial charge in [-0.1, -0.05) is 40.5 Å². The Kier molecular flexibility index (Phi) is 9.32. The van der Waals surface area contributed by atoms with Gasteiger partial charge in [0.25, 0.3) is 5.91 Å². The molecular formula is C26H31F3N6O5. The van der Waals surface area contributed by atoms with Crippen LogP contribution in [0.3, 0.4) is 0 Å². The Balaban J connectivity index is 2.03. The normalized spacial score (nSPS) is 13.5. The predicted molar refractivity (Wildman–Crippen MR) is 137 cm³/mol. The van der Waals surface area contributed by atoms with Gasteiger partial charge in [-0.25, -0.2) is 4.79 Å². The number of nitrogens with zero attached hydrogens (tertiary/aromatic N) is 4. The van der Waals surface area contributed by atoms with Crippen molar-refractivity contribution in [2.45, 2.75) is 71.6 Å². The lowest BCUT2D eigenvalue weighted by atomic mass is 9.76. The Morgan fingerprint density at radius 3 is 2.27 bits per heavy atom. The lowest BCUT2D eigenvalue weighted by molar-refractivity contribution is -0.141. The van der Waals surface area contributed by atoms with E-state index < -0.39 is 47.0 Å². The fourth-order valence-corrected chi connectivity index (χ4v) is 4.64. The Hall–Kier alpha value is -4.23. The van der Waals surface area contributed by atoms with Crippen LogP contribution in [0.5, 0.6) is 0 Å². The predicted octanol–water partition coefficient (Wildman–Crippen LogP) is 5.70.